The van der Waals surface area contributed by atoms with Crippen molar-refractivity contribution in [3.8, 4) is 0 Å². The maximum absolute atomic E-state index is 12.4. The molecule has 26 heavy (non-hydrogen) atoms. The highest BCUT2D eigenvalue weighted by molar-refractivity contribution is 6.35. The summed E-state index contributed by atoms with van der Waals surface area (Å²) in [5, 5.41) is 1.42. The summed E-state index contributed by atoms with van der Waals surface area (Å²) in [6.07, 6.45) is 2.02. The molecule has 6 nitrogen and oxygen atoms in total. The van der Waals surface area contributed by atoms with Crippen molar-refractivity contribution in [1.29, 1.82) is 0 Å². The Labute approximate surface area is 159 Å². The molecule has 0 fully saturated rings. The third-order valence-electron chi connectivity index (χ3n) is 3.78. The van der Waals surface area contributed by atoms with Crippen molar-refractivity contribution in [3.05, 3.63) is 63.9 Å². The van der Waals surface area contributed by atoms with Crippen molar-refractivity contribution < 1.29 is 19.1 Å². The van der Waals surface area contributed by atoms with Crippen LogP contribution in [0, 0.1) is 0 Å². The first kappa shape index (κ1) is 18.2. The van der Waals surface area contributed by atoms with Crippen LogP contribution in [0.5, 0.6) is 0 Å². The largest absolute Gasteiger partial charge is 0.466 e. The number of fused-ring (bicyclic) bond motifs is 1. The van der Waals surface area contributed by atoms with E-state index in [9.17, 15) is 9.59 Å². The van der Waals surface area contributed by atoms with Crippen molar-refractivity contribution in [2.75, 3.05) is 7.11 Å². The number of nitrogens with one attached hydrogen (secondary N) is 1. The Morgan fingerprint density at radius 3 is 2.81 bits per heavy atom. The topological polar surface area (TPSA) is 81.3 Å². The van der Waals surface area contributed by atoms with E-state index in [-0.39, 0.29) is 11.4 Å². The van der Waals surface area contributed by atoms with Crippen LogP contribution in [-0.4, -0.2) is 29.0 Å². The van der Waals surface area contributed by atoms with E-state index < -0.39 is 18.0 Å². The van der Waals surface area contributed by atoms with Gasteiger partial charge in [-0.1, -0.05) is 29.3 Å². The Hall–Kier alpha value is -2.57. The zero-order valence-corrected chi connectivity index (χ0v) is 15.2. The normalized spacial score (nSPS) is 12.0. The summed E-state index contributed by atoms with van der Waals surface area (Å²) in [5.41, 5.74) is 1.68. The molecule has 8 heteroatoms. The van der Waals surface area contributed by atoms with E-state index in [0.717, 1.165) is 5.39 Å². The Bertz CT molecular complexity index is 971. The average molecular weight is 393 g/mol. The summed E-state index contributed by atoms with van der Waals surface area (Å²) in [4.78, 5) is 31.6. The van der Waals surface area contributed by atoms with Gasteiger partial charge in [-0.2, -0.15) is 0 Å². The number of nitrogens with zero attached hydrogens (tertiary/aromatic N) is 1. The fourth-order valence-corrected chi connectivity index (χ4v) is 3.05. The highest BCUT2D eigenvalue weighted by Gasteiger charge is 2.28. The number of pyridine rings is 1. The van der Waals surface area contributed by atoms with Crippen LogP contribution in [0.3, 0.4) is 0 Å². The Kier molecular flexibility index (Phi) is 5.44. The van der Waals surface area contributed by atoms with Gasteiger partial charge in [0.1, 0.15) is 5.65 Å². The lowest BCUT2D eigenvalue weighted by atomic mass is 10.1. The molecule has 0 saturated carbocycles. The first-order valence-corrected chi connectivity index (χ1v) is 8.38. The molecule has 1 atom stereocenters. The molecule has 0 aliphatic carbocycles. The van der Waals surface area contributed by atoms with Crippen LogP contribution in [0.4, 0.5) is 0 Å². The SMILES string of the molecule is COC(=O)C(OC(=O)Cc1c[nH]c2ncccc12)c1ccc(Cl)cc1Cl. The van der Waals surface area contributed by atoms with Gasteiger partial charge in [0.2, 0.25) is 6.10 Å². The lowest BCUT2D eigenvalue weighted by molar-refractivity contribution is -0.166. The van der Waals surface area contributed by atoms with Crippen molar-refractivity contribution in [1.82, 2.24) is 9.97 Å². The molecular weight excluding hydrogens is 379 g/mol. The summed E-state index contributed by atoms with van der Waals surface area (Å²) in [6, 6.07) is 8.16. The Balaban J connectivity index is 1.82. The van der Waals surface area contributed by atoms with Gasteiger partial charge in [0, 0.05) is 33.4 Å². The minimum atomic E-state index is -1.28. The maximum atomic E-state index is 12.4. The number of methoxy groups -OCH3 is 1. The predicted molar refractivity (Wildman–Crippen MR) is 97.1 cm³/mol. The second kappa shape index (κ2) is 7.76. The van der Waals surface area contributed by atoms with Crippen LogP contribution in [0.2, 0.25) is 10.0 Å². The molecule has 2 heterocycles. The molecule has 1 N–H and O–H groups in total. The minimum Gasteiger partial charge on any atom is -0.466 e. The molecule has 3 rings (SSSR count). The molecule has 0 spiro atoms. The summed E-state index contributed by atoms with van der Waals surface area (Å²) in [7, 11) is 1.21. The zero-order chi connectivity index (χ0) is 18.7. The molecule has 0 aliphatic rings. The van der Waals surface area contributed by atoms with Gasteiger partial charge in [0.25, 0.3) is 0 Å². The monoisotopic (exact) mass is 392 g/mol. The molecule has 1 aromatic carbocycles. The van der Waals surface area contributed by atoms with Gasteiger partial charge in [0.05, 0.1) is 13.5 Å². The van der Waals surface area contributed by atoms with E-state index in [4.69, 9.17) is 32.7 Å². The van der Waals surface area contributed by atoms with Crippen LogP contribution < -0.4 is 0 Å². The van der Waals surface area contributed by atoms with Gasteiger partial charge in [-0.05, 0) is 29.8 Å². The third kappa shape index (κ3) is 3.81. The van der Waals surface area contributed by atoms with E-state index in [2.05, 4.69) is 9.97 Å². The Morgan fingerprint density at radius 1 is 1.27 bits per heavy atom. The molecular formula is C18H14Cl2N2O4. The average Bonchev–Trinajstić information content (AvgIpc) is 3.02. The number of hydrogen-bond donors (Lipinski definition) is 1. The lowest BCUT2D eigenvalue weighted by Gasteiger charge is -2.17. The number of benzene rings is 1. The number of esters is 2. The maximum Gasteiger partial charge on any atom is 0.352 e. The van der Waals surface area contributed by atoms with Crippen LogP contribution in [-0.2, 0) is 25.5 Å². The van der Waals surface area contributed by atoms with Crippen molar-refractivity contribution >= 4 is 46.2 Å². The molecule has 0 bridgehead atoms. The van der Waals surface area contributed by atoms with E-state index in [0.29, 0.717) is 21.8 Å². The van der Waals surface area contributed by atoms with Crippen molar-refractivity contribution in [3.63, 3.8) is 0 Å². The molecule has 0 amide bonds. The summed E-state index contributed by atoms with van der Waals surface area (Å²) < 4.78 is 10.1. The second-order valence-corrected chi connectivity index (χ2v) is 6.29. The number of carbonyl (C=O) groups excluding carboxylic acids is 2. The lowest BCUT2D eigenvalue weighted by Crippen LogP contribution is -2.22. The van der Waals surface area contributed by atoms with Crippen LogP contribution in [0.15, 0.2) is 42.7 Å². The minimum absolute atomic E-state index is 0.0373. The number of halogens is 2. The predicted octanol–water partition coefficient (Wildman–Crippen LogP) is 3.87. The van der Waals surface area contributed by atoms with Gasteiger partial charge in [0.15, 0.2) is 0 Å². The van der Waals surface area contributed by atoms with E-state index in [1.165, 1.54) is 19.2 Å². The van der Waals surface area contributed by atoms with E-state index >= 15 is 0 Å². The van der Waals surface area contributed by atoms with Gasteiger partial charge >= 0.3 is 11.9 Å². The quantitative estimate of drug-likeness (QED) is 0.666. The summed E-state index contributed by atoms with van der Waals surface area (Å²) in [6.45, 7) is 0. The fourth-order valence-electron chi connectivity index (χ4n) is 2.55. The first-order valence-electron chi connectivity index (χ1n) is 7.63. The standard InChI is InChI=1S/C18H14Cl2N2O4/c1-25-18(24)16(13-5-4-11(19)8-14(13)20)26-15(23)7-10-9-22-17-12(10)3-2-6-21-17/h2-6,8-9,16H,7H2,1H3,(H,21,22). The van der Waals surface area contributed by atoms with Gasteiger partial charge in [-0.25, -0.2) is 9.78 Å². The number of aromatic nitrogens is 2. The molecule has 3 aromatic rings. The van der Waals surface area contributed by atoms with Gasteiger partial charge in [-0.15, -0.1) is 0 Å². The molecule has 0 saturated heterocycles. The number of ether oxygens (including phenoxy) is 2. The highest BCUT2D eigenvalue weighted by atomic mass is 35.5. The van der Waals surface area contributed by atoms with Gasteiger partial charge in [-0.3, -0.25) is 4.79 Å². The van der Waals surface area contributed by atoms with Crippen LogP contribution in [0.1, 0.15) is 17.2 Å². The zero-order valence-electron chi connectivity index (χ0n) is 13.7. The molecule has 134 valence electrons. The van der Waals surface area contributed by atoms with E-state index in [1.54, 1.807) is 24.5 Å². The highest BCUT2D eigenvalue weighted by Crippen LogP contribution is 2.30. The summed E-state index contributed by atoms with van der Waals surface area (Å²) in [5.74, 6) is -1.33. The second-order valence-electron chi connectivity index (χ2n) is 5.45. The molecule has 0 radical (unpaired) electrons. The van der Waals surface area contributed by atoms with Crippen molar-refractivity contribution in [2.24, 2.45) is 0 Å². The van der Waals surface area contributed by atoms with Gasteiger partial charge < -0.3 is 14.5 Å². The number of rotatable bonds is 5. The number of aromatic amines is 1. The van der Waals surface area contributed by atoms with E-state index in [1.807, 2.05) is 6.07 Å². The molecule has 0 aliphatic heterocycles. The number of H-pyrrole nitrogens is 1. The third-order valence-corrected chi connectivity index (χ3v) is 4.34. The smallest absolute Gasteiger partial charge is 0.352 e. The molecule has 1 unspecified atom stereocenters. The first-order chi connectivity index (χ1) is 12.5. The summed E-state index contributed by atoms with van der Waals surface area (Å²) >= 11 is 12.0. The van der Waals surface area contributed by atoms with Crippen LogP contribution in [0.25, 0.3) is 11.0 Å². The molecule has 2 aromatic heterocycles. The van der Waals surface area contributed by atoms with Crippen LogP contribution >= 0.6 is 23.2 Å². The number of carbonyl (C=O) groups is 2. The number of hydrogen-bond acceptors (Lipinski definition) is 5. The van der Waals surface area contributed by atoms with Crippen molar-refractivity contribution in [2.45, 2.75) is 12.5 Å². The fraction of sp³-hybridized carbons (Fsp3) is 0.167. The Morgan fingerprint density at radius 2 is 2.08 bits per heavy atom.